The Morgan fingerprint density at radius 2 is 2.11 bits per heavy atom. The quantitative estimate of drug-likeness (QED) is 0.684. The van der Waals surface area contributed by atoms with Crippen molar-refractivity contribution in [2.75, 3.05) is 5.32 Å². The minimum Gasteiger partial charge on any atom is -0.423 e. The van der Waals surface area contributed by atoms with Crippen molar-refractivity contribution in [3.8, 4) is 5.69 Å². The summed E-state index contributed by atoms with van der Waals surface area (Å²) in [6, 6.07) is 12.3. The number of halogens is 1. The van der Waals surface area contributed by atoms with Crippen molar-refractivity contribution in [2.24, 2.45) is 0 Å². The van der Waals surface area contributed by atoms with E-state index in [0.717, 1.165) is 11.3 Å². The van der Waals surface area contributed by atoms with E-state index in [1.807, 2.05) is 26.0 Å². The van der Waals surface area contributed by atoms with Gasteiger partial charge < -0.3 is 15.0 Å². The van der Waals surface area contributed by atoms with E-state index in [1.54, 1.807) is 47.4 Å². The van der Waals surface area contributed by atoms with Crippen molar-refractivity contribution >= 4 is 35.8 Å². The van der Waals surface area contributed by atoms with Gasteiger partial charge in [0.05, 0.1) is 21.9 Å². The van der Waals surface area contributed by atoms with E-state index >= 15 is 0 Å². The molecule has 0 atom stereocenters. The number of rotatable bonds is 3. The summed E-state index contributed by atoms with van der Waals surface area (Å²) in [5.41, 5.74) is 2.66. The largest absolute Gasteiger partial charge is 0.492 e. The molecule has 4 rings (SSSR count). The van der Waals surface area contributed by atoms with Gasteiger partial charge in [-0.3, -0.25) is 4.79 Å². The second kappa shape index (κ2) is 6.53. The first-order valence-corrected chi connectivity index (χ1v) is 8.84. The fourth-order valence-corrected chi connectivity index (χ4v) is 3.51. The Morgan fingerprint density at radius 3 is 2.81 bits per heavy atom. The van der Waals surface area contributed by atoms with Gasteiger partial charge in [0.2, 0.25) is 0 Å². The maximum absolute atomic E-state index is 12.6. The Hall–Kier alpha value is -2.61. The molecule has 1 aliphatic rings. The summed E-state index contributed by atoms with van der Waals surface area (Å²) in [4.78, 5) is 12.6. The molecule has 0 saturated carbocycles. The van der Waals surface area contributed by atoms with E-state index in [2.05, 4.69) is 10.4 Å². The molecule has 1 amide bonds. The van der Waals surface area contributed by atoms with E-state index in [9.17, 15) is 9.82 Å². The highest BCUT2D eigenvalue weighted by molar-refractivity contribution is 6.62. The van der Waals surface area contributed by atoms with Crippen LogP contribution >= 0.6 is 11.6 Å². The Bertz CT molecular complexity index is 1020. The fraction of sp³-hybridized carbons (Fsp3) is 0.158. The van der Waals surface area contributed by atoms with Crippen molar-refractivity contribution in [1.29, 1.82) is 0 Å². The highest BCUT2D eigenvalue weighted by Gasteiger charge is 2.40. The zero-order valence-corrected chi connectivity index (χ0v) is 15.6. The summed E-state index contributed by atoms with van der Waals surface area (Å²) in [7, 11) is -1.01. The van der Waals surface area contributed by atoms with E-state index in [1.165, 1.54) is 0 Å². The summed E-state index contributed by atoms with van der Waals surface area (Å²) >= 11 is 6.30. The van der Waals surface area contributed by atoms with Crippen molar-refractivity contribution in [3.63, 3.8) is 0 Å². The average molecular weight is 382 g/mol. The number of hydrogen-bond acceptors (Lipinski definition) is 4. The first-order valence-electron chi connectivity index (χ1n) is 8.46. The van der Waals surface area contributed by atoms with Crippen molar-refractivity contribution in [2.45, 2.75) is 19.4 Å². The van der Waals surface area contributed by atoms with Crippen LogP contribution in [0.4, 0.5) is 5.69 Å². The van der Waals surface area contributed by atoms with Gasteiger partial charge in [0.25, 0.3) is 5.91 Å². The van der Waals surface area contributed by atoms with Gasteiger partial charge in [-0.05, 0) is 61.3 Å². The number of benzene rings is 2. The molecule has 2 heterocycles. The van der Waals surface area contributed by atoms with Gasteiger partial charge in [-0.25, -0.2) is 4.68 Å². The zero-order chi connectivity index (χ0) is 19.2. The van der Waals surface area contributed by atoms with Crippen LogP contribution in [0.1, 0.15) is 29.8 Å². The van der Waals surface area contributed by atoms with Gasteiger partial charge in [-0.1, -0.05) is 17.7 Å². The van der Waals surface area contributed by atoms with Crippen molar-refractivity contribution in [1.82, 2.24) is 9.78 Å². The van der Waals surface area contributed by atoms with Gasteiger partial charge >= 0.3 is 7.12 Å². The van der Waals surface area contributed by atoms with Crippen LogP contribution in [0.15, 0.2) is 54.9 Å². The van der Waals surface area contributed by atoms with Gasteiger partial charge in [0.1, 0.15) is 0 Å². The maximum atomic E-state index is 12.6. The number of nitrogens with one attached hydrogen (secondary N) is 1. The van der Waals surface area contributed by atoms with Gasteiger partial charge in [0.15, 0.2) is 0 Å². The normalized spacial score (nSPS) is 14.9. The van der Waals surface area contributed by atoms with Crippen LogP contribution in [0.25, 0.3) is 5.69 Å². The maximum Gasteiger partial charge on any atom is 0.492 e. The molecular weight excluding hydrogens is 364 g/mol. The third kappa shape index (κ3) is 3.25. The van der Waals surface area contributed by atoms with E-state index in [0.29, 0.717) is 21.7 Å². The van der Waals surface area contributed by atoms with Crippen LogP contribution in [0.2, 0.25) is 5.02 Å². The first kappa shape index (κ1) is 17.8. The Balaban J connectivity index is 1.57. The monoisotopic (exact) mass is 381 g/mol. The number of carbonyl (C=O) groups is 1. The standard InChI is InChI=1S/C19H17BClN3O3/c1-19(2)15-7-4-12(10-16(15)20(26)27-19)23-18(25)14-6-5-13(11-17(14)21)24-9-3-8-22-24/h3-11,26H,1-2H3,(H,23,25). The molecule has 2 aromatic carbocycles. The van der Waals surface area contributed by atoms with E-state index in [4.69, 9.17) is 16.3 Å². The molecule has 0 spiro atoms. The zero-order valence-electron chi connectivity index (χ0n) is 14.8. The number of nitrogens with zero attached hydrogens (tertiary/aromatic N) is 2. The summed E-state index contributed by atoms with van der Waals surface area (Å²) < 4.78 is 7.21. The number of amides is 1. The molecule has 27 heavy (non-hydrogen) atoms. The molecule has 1 aliphatic heterocycles. The highest BCUT2D eigenvalue weighted by atomic mass is 35.5. The van der Waals surface area contributed by atoms with Gasteiger partial charge in [-0.2, -0.15) is 5.10 Å². The molecular formula is C19H17BClN3O3. The third-order valence-electron chi connectivity index (χ3n) is 4.60. The minimum absolute atomic E-state index is 0.325. The minimum atomic E-state index is -1.01. The molecule has 8 heteroatoms. The SMILES string of the molecule is CC1(C)OB(O)c2cc(NC(=O)c3ccc(-n4cccn4)cc3Cl)ccc21. The molecule has 6 nitrogen and oxygen atoms in total. The number of anilines is 1. The smallest absolute Gasteiger partial charge is 0.423 e. The lowest BCUT2D eigenvalue weighted by atomic mass is 9.78. The molecule has 0 aliphatic carbocycles. The molecule has 3 aromatic rings. The molecule has 0 fully saturated rings. The Labute approximate surface area is 161 Å². The Kier molecular flexibility index (Phi) is 4.30. The summed E-state index contributed by atoms with van der Waals surface area (Å²) in [5, 5.41) is 17.4. The number of carbonyl (C=O) groups excluding carboxylic acids is 1. The predicted octanol–water partition coefficient (Wildman–Crippen LogP) is 2.73. The molecule has 2 N–H and O–H groups in total. The van der Waals surface area contributed by atoms with Crippen LogP contribution in [0, 0.1) is 0 Å². The lowest BCUT2D eigenvalue weighted by Gasteiger charge is -2.19. The number of fused-ring (bicyclic) bond motifs is 1. The lowest BCUT2D eigenvalue weighted by molar-refractivity contribution is 0.101. The number of hydrogen-bond donors (Lipinski definition) is 2. The molecule has 0 radical (unpaired) electrons. The highest BCUT2D eigenvalue weighted by Crippen LogP contribution is 2.31. The van der Waals surface area contributed by atoms with Crippen LogP contribution in [0.3, 0.4) is 0 Å². The van der Waals surface area contributed by atoms with E-state index < -0.39 is 12.7 Å². The molecule has 136 valence electrons. The van der Waals surface area contributed by atoms with Crippen molar-refractivity contribution < 1.29 is 14.5 Å². The molecule has 1 aromatic heterocycles. The van der Waals surface area contributed by atoms with E-state index in [-0.39, 0.29) is 5.91 Å². The van der Waals surface area contributed by atoms with Crippen LogP contribution in [0.5, 0.6) is 0 Å². The first-order chi connectivity index (χ1) is 12.8. The third-order valence-corrected chi connectivity index (χ3v) is 4.91. The Morgan fingerprint density at radius 1 is 1.30 bits per heavy atom. The fourth-order valence-electron chi connectivity index (χ4n) is 3.25. The lowest BCUT2D eigenvalue weighted by Crippen LogP contribution is -2.29. The second-order valence-corrected chi connectivity index (χ2v) is 7.26. The van der Waals surface area contributed by atoms with Crippen LogP contribution in [-0.4, -0.2) is 27.8 Å². The molecule has 0 unspecified atom stereocenters. The summed E-state index contributed by atoms with van der Waals surface area (Å²) in [6.07, 6.45) is 3.46. The summed E-state index contributed by atoms with van der Waals surface area (Å²) in [6.45, 7) is 3.78. The van der Waals surface area contributed by atoms with Gasteiger partial charge in [0, 0.05) is 18.1 Å². The van der Waals surface area contributed by atoms with Crippen LogP contribution in [-0.2, 0) is 10.3 Å². The average Bonchev–Trinajstić information content (AvgIpc) is 3.22. The predicted molar refractivity (Wildman–Crippen MR) is 105 cm³/mol. The second-order valence-electron chi connectivity index (χ2n) is 6.85. The van der Waals surface area contributed by atoms with Crippen LogP contribution < -0.4 is 10.8 Å². The van der Waals surface area contributed by atoms with Crippen molar-refractivity contribution in [3.05, 3.63) is 71.0 Å². The van der Waals surface area contributed by atoms with Gasteiger partial charge in [-0.15, -0.1) is 0 Å². The topological polar surface area (TPSA) is 76.4 Å². The summed E-state index contributed by atoms with van der Waals surface area (Å²) in [5.74, 6) is -0.334. The number of aromatic nitrogens is 2. The molecule has 0 saturated heterocycles. The molecule has 0 bridgehead atoms.